The van der Waals surface area contributed by atoms with Crippen LogP contribution in [0.1, 0.15) is 65.4 Å². The van der Waals surface area contributed by atoms with Gasteiger partial charge in [-0.1, -0.05) is 33.8 Å². The summed E-state index contributed by atoms with van der Waals surface area (Å²) in [5.41, 5.74) is 2.65. The SMILES string of the molecule is CC1CCN(c2nccc(Nc3cc4c(C(C)C)ccc(N5CCC5C)c4cn3)n2)CC1.CCSC. The quantitative estimate of drug-likeness (QED) is 0.383. The first-order valence-electron chi connectivity index (χ1n) is 13.4. The molecule has 1 N–H and O–H groups in total. The van der Waals surface area contributed by atoms with Gasteiger partial charge in [0, 0.05) is 49.1 Å². The first-order chi connectivity index (χ1) is 17.4. The molecule has 2 saturated heterocycles. The van der Waals surface area contributed by atoms with Crippen LogP contribution in [0.2, 0.25) is 0 Å². The Morgan fingerprint density at radius 3 is 2.36 bits per heavy atom. The summed E-state index contributed by atoms with van der Waals surface area (Å²) < 4.78 is 0. The topological polar surface area (TPSA) is 57.2 Å². The Kier molecular flexibility index (Phi) is 8.94. The first-order valence-corrected chi connectivity index (χ1v) is 14.8. The number of piperidine rings is 1. The minimum atomic E-state index is 0.447. The molecule has 6 nitrogen and oxygen atoms in total. The van der Waals surface area contributed by atoms with Crippen LogP contribution in [-0.2, 0) is 0 Å². The molecule has 36 heavy (non-hydrogen) atoms. The fraction of sp³-hybridized carbons (Fsp3) is 0.552. The molecule has 0 radical (unpaired) electrons. The number of hydrogen-bond acceptors (Lipinski definition) is 7. The molecule has 3 aromatic rings. The molecule has 2 aliphatic rings. The zero-order chi connectivity index (χ0) is 25.7. The van der Waals surface area contributed by atoms with Gasteiger partial charge >= 0.3 is 0 Å². The first kappa shape index (κ1) is 26.5. The van der Waals surface area contributed by atoms with Gasteiger partial charge in [0.2, 0.25) is 5.95 Å². The zero-order valence-electron chi connectivity index (χ0n) is 22.8. The van der Waals surface area contributed by atoms with Crippen LogP contribution >= 0.6 is 11.8 Å². The predicted octanol–water partition coefficient (Wildman–Crippen LogP) is 7.10. The predicted molar refractivity (Wildman–Crippen MR) is 157 cm³/mol. The fourth-order valence-corrected chi connectivity index (χ4v) is 4.85. The van der Waals surface area contributed by atoms with Gasteiger partial charge in [-0.25, -0.2) is 9.97 Å². The molecule has 0 amide bonds. The van der Waals surface area contributed by atoms with Crippen molar-refractivity contribution in [2.45, 2.75) is 65.8 Å². The number of rotatable bonds is 6. The van der Waals surface area contributed by atoms with Gasteiger partial charge in [-0.05, 0) is 79.2 Å². The molecule has 0 saturated carbocycles. The number of anilines is 4. The molecule has 2 aromatic heterocycles. The number of benzene rings is 1. The summed E-state index contributed by atoms with van der Waals surface area (Å²) in [6.07, 6.45) is 9.61. The van der Waals surface area contributed by atoms with Crippen molar-refractivity contribution in [3.63, 3.8) is 0 Å². The summed E-state index contributed by atoms with van der Waals surface area (Å²) in [5, 5.41) is 5.94. The number of hydrogen-bond donors (Lipinski definition) is 1. The van der Waals surface area contributed by atoms with Crippen molar-refractivity contribution in [2.24, 2.45) is 5.92 Å². The lowest BCUT2D eigenvalue weighted by atomic mass is 9.94. The maximum absolute atomic E-state index is 4.79. The summed E-state index contributed by atoms with van der Waals surface area (Å²) in [6.45, 7) is 14.4. The molecule has 0 bridgehead atoms. The number of nitrogens with one attached hydrogen (secondary N) is 1. The van der Waals surface area contributed by atoms with E-state index >= 15 is 0 Å². The van der Waals surface area contributed by atoms with E-state index in [4.69, 9.17) is 9.97 Å². The van der Waals surface area contributed by atoms with Crippen molar-refractivity contribution in [2.75, 3.05) is 46.8 Å². The van der Waals surface area contributed by atoms with Gasteiger partial charge in [0.15, 0.2) is 0 Å². The third kappa shape index (κ3) is 6.05. The lowest BCUT2D eigenvalue weighted by Gasteiger charge is -2.41. The Labute approximate surface area is 221 Å². The van der Waals surface area contributed by atoms with E-state index < -0.39 is 0 Å². The molecule has 0 aliphatic carbocycles. The molecular formula is C29H42N6S. The minimum Gasteiger partial charge on any atom is -0.368 e. The average molecular weight is 507 g/mol. The maximum Gasteiger partial charge on any atom is 0.227 e. The highest BCUT2D eigenvalue weighted by atomic mass is 32.2. The van der Waals surface area contributed by atoms with E-state index in [0.29, 0.717) is 12.0 Å². The second-order valence-electron chi connectivity index (χ2n) is 10.4. The molecule has 1 aromatic carbocycles. The van der Waals surface area contributed by atoms with Gasteiger partial charge in [-0.2, -0.15) is 16.7 Å². The minimum absolute atomic E-state index is 0.447. The molecule has 0 spiro atoms. The smallest absolute Gasteiger partial charge is 0.227 e. The molecule has 1 atom stereocenters. The van der Waals surface area contributed by atoms with Crippen molar-refractivity contribution in [1.29, 1.82) is 0 Å². The van der Waals surface area contributed by atoms with Crippen LogP contribution in [0, 0.1) is 5.92 Å². The van der Waals surface area contributed by atoms with Crippen LogP contribution in [0.4, 0.5) is 23.3 Å². The second-order valence-corrected chi connectivity index (χ2v) is 11.5. The lowest BCUT2D eigenvalue weighted by molar-refractivity contribution is 0.434. The molecule has 194 valence electrons. The summed E-state index contributed by atoms with van der Waals surface area (Å²) in [4.78, 5) is 18.8. The van der Waals surface area contributed by atoms with E-state index in [1.807, 2.05) is 30.2 Å². The highest BCUT2D eigenvalue weighted by Crippen LogP contribution is 2.37. The molecule has 1 unspecified atom stereocenters. The molecule has 4 heterocycles. The van der Waals surface area contributed by atoms with Crippen LogP contribution in [0.15, 0.2) is 36.7 Å². The van der Waals surface area contributed by atoms with Gasteiger partial charge in [0.1, 0.15) is 11.6 Å². The molecule has 2 fully saturated rings. The third-order valence-electron chi connectivity index (χ3n) is 7.42. The van der Waals surface area contributed by atoms with Crippen LogP contribution < -0.4 is 15.1 Å². The van der Waals surface area contributed by atoms with Crippen LogP contribution in [0.3, 0.4) is 0 Å². The number of aromatic nitrogens is 3. The van der Waals surface area contributed by atoms with Crippen molar-refractivity contribution >= 4 is 45.8 Å². The van der Waals surface area contributed by atoms with E-state index in [-0.39, 0.29) is 0 Å². The largest absolute Gasteiger partial charge is 0.368 e. The Bertz CT molecular complexity index is 1140. The second kappa shape index (κ2) is 12.1. The maximum atomic E-state index is 4.79. The number of pyridine rings is 1. The highest BCUT2D eigenvalue weighted by molar-refractivity contribution is 7.98. The van der Waals surface area contributed by atoms with Gasteiger partial charge in [0.25, 0.3) is 0 Å². The lowest BCUT2D eigenvalue weighted by Crippen LogP contribution is -2.45. The van der Waals surface area contributed by atoms with Crippen molar-refractivity contribution in [1.82, 2.24) is 15.0 Å². The van der Waals surface area contributed by atoms with Crippen molar-refractivity contribution < 1.29 is 0 Å². The van der Waals surface area contributed by atoms with Gasteiger partial charge < -0.3 is 15.1 Å². The van der Waals surface area contributed by atoms with E-state index in [2.05, 4.69) is 79.2 Å². The Balaban J connectivity index is 0.000000709. The highest BCUT2D eigenvalue weighted by Gasteiger charge is 2.26. The van der Waals surface area contributed by atoms with Crippen molar-refractivity contribution in [3.05, 3.63) is 42.2 Å². The average Bonchev–Trinajstić information content (AvgIpc) is 2.88. The molecule has 5 rings (SSSR count). The standard InChI is InChI=1S/C26H34N6.C3H8S/c1-17(2)20-5-6-23(32-14-10-19(32)4)22-16-28-25(15-21(20)22)29-24-7-11-27-26(30-24)31-12-8-18(3)9-13-31;1-3-4-2/h5-7,11,15-19H,8-10,12-14H2,1-4H3,(H,27,28,29,30);3H2,1-2H3. The number of thioether (sulfide) groups is 1. The van der Waals surface area contributed by atoms with Crippen molar-refractivity contribution in [3.8, 4) is 0 Å². The Morgan fingerprint density at radius 2 is 1.75 bits per heavy atom. The van der Waals surface area contributed by atoms with Gasteiger partial charge in [0.05, 0.1) is 0 Å². The monoisotopic (exact) mass is 506 g/mol. The molecule has 7 heteroatoms. The zero-order valence-corrected chi connectivity index (χ0v) is 23.6. The summed E-state index contributed by atoms with van der Waals surface area (Å²) >= 11 is 1.86. The number of fused-ring (bicyclic) bond motifs is 1. The van der Waals surface area contributed by atoms with E-state index in [0.717, 1.165) is 43.1 Å². The fourth-order valence-electron chi connectivity index (χ4n) is 4.85. The summed E-state index contributed by atoms with van der Waals surface area (Å²) in [6, 6.07) is 9.26. The normalized spacial score (nSPS) is 18.1. The van der Waals surface area contributed by atoms with Gasteiger partial charge in [-0.15, -0.1) is 0 Å². The molecular weight excluding hydrogens is 464 g/mol. The summed E-state index contributed by atoms with van der Waals surface area (Å²) in [5.74, 6) is 4.89. The Hall–Kier alpha value is -2.54. The van der Waals surface area contributed by atoms with Crippen LogP contribution in [-0.4, -0.2) is 52.6 Å². The van der Waals surface area contributed by atoms with Crippen LogP contribution in [0.5, 0.6) is 0 Å². The van der Waals surface area contributed by atoms with Crippen LogP contribution in [0.25, 0.3) is 10.8 Å². The van der Waals surface area contributed by atoms with E-state index in [9.17, 15) is 0 Å². The van der Waals surface area contributed by atoms with Gasteiger partial charge in [-0.3, -0.25) is 0 Å². The third-order valence-corrected chi connectivity index (χ3v) is 7.99. The van der Waals surface area contributed by atoms with E-state index in [1.54, 1.807) is 0 Å². The number of nitrogens with zero attached hydrogens (tertiary/aromatic N) is 5. The van der Waals surface area contributed by atoms with E-state index in [1.165, 1.54) is 47.0 Å². The summed E-state index contributed by atoms with van der Waals surface area (Å²) in [7, 11) is 0. The molecule has 2 aliphatic heterocycles. The Morgan fingerprint density at radius 1 is 1.00 bits per heavy atom.